The van der Waals surface area contributed by atoms with Crippen molar-refractivity contribution in [2.24, 2.45) is 5.73 Å². The van der Waals surface area contributed by atoms with E-state index in [1.54, 1.807) is 24.3 Å². The Labute approximate surface area is 123 Å². The molecule has 1 amide bonds. The van der Waals surface area contributed by atoms with Crippen LogP contribution in [-0.2, 0) is 6.42 Å². The van der Waals surface area contributed by atoms with E-state index in [2.05, 4.69) is 15.9 Å². The first kappa shape index (κ1) is 12.9. The molecule has 0 bridgehead atoms. The van der Waals surface area contributed by atoms with E-state index in [1.807, 2.05) is 6.07 Å². The van der Waals surface area contributed by atoms with Crippen LogP contribution in [0.2, 0.25) is 0 Å². The van der Waals surface area contributed by atoms with Crippen LogP contribution in [0.1, 0.15) is 31.8 Å². The van der Waals surface area contributed by atoms with Crippen LogP contribution >= 0.6 is 15.9 Å². The monoisotopic (exact) mass is 331 g/mol. The van der Waals surface area contributed by atoms with Crippen LogP contribution in [0, 0.1) is 0 Å². The van der Waals surface area contributed by atoms with Crippen LogP contribution < -0.4 is 5.73 Å². The second kappa shape index (κ2) is 4.45. The first-order chi connectivity index (χ1) is 9.47. The van der Waals surface area contributed by atoms with Gasteiger partial charge in [0.2, 0.25) is 5.91 Å². The molecule has 0 radical (unpaired) electrons. The summed E-state index contributed by atoms with van der Waals surface area (Å²) in [6.07, 6.45) is 0.525. The summed E-state index contributed by atoms with van der Waals surface area (Å²) < 4.78 is 0.778. The number of halogens is 1. The van der Waals surface area contributed by atoms with Gasteiger partial charge in [-0.2, -0.15) is 0 Å². The molecule has 2 aromatic rings. The molecule has 0 spiro atoms. The van der Waals surface area contributed by atoms with Gasteiger partial charge in [-0.05, 0) is 52.9 Å². The highest BCUT2D eigenvalue weighted by Gasteiger charge is 2.24. The zero-order chi connectivity index (χ0) is 14.4. The van der Waals surface area contributed by atoms with E-state index < -0.39 is 11.9 Å². The molecular weight excluding hydrogens is 322 g/mol. The Balaban J connectivity index is 2.22. The van der Waals surface area contributed by atoms with Crippen molar-refractivity contribution in [3.63, 3.8) is 0 Å². The van der Waals surface area contributed by atoms with Gasteiger partial charge in [0, 0.05) is 10.0 Å². The lowest BCUT2D eigenvalue weighted by molar-refractivity contribution is 0.0696. The average Bonchev–Trinajstić information content (AvgIpc) is 2.75. The molecule has 0 saturated carbocycles. The third kappa shape index (κ3) is 1.91. The zero-order valence-corrected chi connectivity index (χ0v) is 11.9. The summed E-state index contributed by atoms with van der Waals surface area (Å²) in [6, 6.07) is 8.62. The first-order valence-corrected chi connectivity index (χ1v) is 6.75. The highest BCUT2D eigenvalue weighted by Crippen LogP contribution is 2.40. The van der Waals surface area contributed by atoms with Gasteiger partial charge in [0.25, 0.3) is 0 Å². The summed E-state index contributed by atoms with van der Waals surface area (Å²) >= 11 is 3.37. The molecule has 0 atom stereocenters. The van der Waals surface area contributed by atoms with Gasteiger partial charge in [-0.25, -0.2) is 4.79 Å². The Bertz CT molecular complexity index is 768. The Morgan fingerprint density at radius 2 is 1.90 bits per heavy atom. The second-order valence-electron chi connectivity index (χ2n) is 4.70. The molecule has 0 aliphatic heterocycles. The first-order valence-electron chi connectivity index (χ1n) is 5.96. The van der Waals surface area contributed by atoms with Crippen molar-refractivity contribution in [3.05, 3.63) is 57.1 Å². The number of rotatable bonds is 2. The maximum absolute atomic E-state index is 11.5. The molecule has 4 nitrogen and oxygen atoms in total. The largest absolute Gasteiger partial charge is 0.478 e. The molecule has 0 unspecified atom stereocenters. The number of fused-ring (bicyclic) bond motifs is 3. The van der Waals surface area contributed by atoms with Crippen molar-refractivity contribution in [2.75, 3.05) is 0 Å². The van der Waals surface area contributed by atoms with E-state index in [-0.39, 0.29) is 5.56 Å². The maximum Gasteiger partial charge on any atom is 0.335 e. The van der Waals surface area contributed by atoms with Crippen molar-refractivity contribution in [2.45, 2.75) is 6.42 Å². The van der Waals surface area contributed by atoms with Gasteiger partial charge in [0.1, 0.15) is 0 Å². The Morgan fingerprint density at radius 3 is 2.55 bits per heavy atom. The Morgan fingerprint density at radius 1 is 1.15 bits per heavy atom. The topological polar surface area (TPSA) is 80.4 Å². The predicted octanol–water partition coefficient (Wildman–Crippen LogP) is 2.82. The minimum atomic E-state index is -0.958. The van der Waals surface area contributed by atoms with Crippen molar-refractivity contribution in [1.29, 1.82) is 0 Å². The molecule has 20 heavy (non-hydrogen) atoms. The van der Waals surface area contributed by atoms with Crippen LogP contribution in [0.15, 0.2) is 34.8 Å². The van der Waals surface area contributed by atoms with Gasteiger partial charge in [0.05, 0.1) is 5.56 Å². The van der Waals surface area contributed by atoms with Crippen LogP contribution in [0.3, 0.4) is 0 Å². The summed E-state index contributed by atoms with van der Waals surface area (Å²) in [5, 5.41) is 9.04. The molecule has 3 N–H and O–H groups in total. The van der Waals surface area contributed by atoms with Crippen LogP contribution in [0.4, 0.5) is 0 Å². The summed E-state index contributed by atoms with van der Waals surface area (Å²) in [5.41, 5.74) is 9.78. The van der Waals surface area contributed by atoms with Crippen LogP contribution in [-0.4, -0.2) is 17.0 Å². The number of carbonyl (C=O) groups is 2. The van der Waals surface area contributed by atoms with E-state index in [0.717, 1.165) is 26.7 Å². The maximum atomic E-state index is 11.5. The molecule has 0 fully saturated rings. The predicted molar refractivity (Wildman–Crippen MR) is 77.9 cm³/mol. The lowest BCUT2D eigenvalue weighted by atomic mass is 10.0. The summed E-state index contributed by atoms with van der Waals surface area (Å²) in [6.45, 7) is 0. The third-order valence-electron chi connectivity index (χ3n) is 3.49. The number of benzene rings is 2. The molecule has 5 heteroatoms. The lowest BCUT2D eigenvalue weighted by Gasteiger charge is -2.06. The summed E-state index contributed by atoms with van der Waals surface area (Å²) in [5.74, 6) is -1.44. The van der Waals surface area contributed by atoms with E-state index in [4.69, 9.17) is 10.8 Å². The number of primary amides is 1. The summed E-state index contributed by atoms with van der Waals surface area (Å²) in [4.78, 5) is 22.6. The SMILES string of the molecule is NC(=O)c1cc(Br)cc2c1Cc1cc(C(=O)O)ccc1-2. The number of aromatic carboxylic acids is 1. The Kier molecular flexibility index (Phi) is 2.87. The molecule has 0 saturated heterocycles. The van der Waals surface area contributed by atoms with E-state index in [0.29, 0.717) is 12.0 Å². The highest BCUT2D eigenvalue weighted by atomic mass is 79.9. The Hall–Kier alpha value is -2.14. The number of hydrogen-bond acceptors (Lipinski definition) is 2. The number of carboxylic acids is 1. The van der Waals surface area contributed by atoms with Gasteiger partial charge in [-0.1, -0.05) is 22.0 Å². The van der Waals surface area contributed by atoms with E-state index in [1.165, 1.54) is 0 Å². The molecule has 100 valence electrons. The van der Waals surface area contributed by atoms with Crippen molar-refractivity contribution >= 4 is 27.8 Å². The molecule has 0 heterocycles. The highest BCUT2D eigenvalue weighted by molar-refractivity contribution is 9.10. The van der Waals surface area contributed by atoms with Gasteiger partial charge >= 0.3 is 5.97 Å². The van der Waals surface area contributed by atoms with Crippen molar-refractivity contribution in [1.82, 2.24) is 0 Å². The molecule has 1 aliphatic carbocycles. The third-order valence-corrected chi connectivity index (χ3v) is 3.95. The molecule has 0 aromatic heterocycles. The quantitative estimate of drug-likeness (QED) is 0.757. The van der Waals surface area contributed by atoms with Gasteiger partial charge in [0.15, 0.2) is 0 Å². The smallest absolute Gasteiger partial charge is 0.335 e. The lowest BCUT2D eigenvalue weighted by Crippen LogP contribution is -2.13. The molecule has 3 rings (SSSR count). The van der Waals surface area contributed by atoms with Crippen molar-refractivity contribution in [3.8, 4) is 11.1 Å². The molecule has 2 aromatic carbocycles. The molecular formula is C15H10BrNO3. The van der Waals surface area contributed by atoms with Gasteiger partial charge in [-0.3, -0.25) is 4.79 Å². The van der Waals surface area contributed by atoms with Gasteiger partial charge in [-0.15, -0.1) is 0 Å². The number of nitrogens with two attached hydrogens (primary N) is 1. The number of carboxylic acid groups (broad SMARTS) is 1. The fraction of sp³-hybridized carbons (Fsp3) is 0.0667. The van der Waals surface area contributed by atoms with Gasteiger partial charge < -0.3 is 10.8 Å². The normalized spacial score (nSPS) is 11.8. The zero-order valence-electron chi connectivity index (χ0n) is 10.3. The minimum Gasteiger partial charge on any atom is -0.478 e. The number of carbonyl (C=O) groups excluding carboxylic acids is 1. The van der Waals surface area contributed by atoms with E-state index >= 15 is 0 Å². The molecule has 1 aliphatic rings. The fourth-order valence-corrected chi connectivity index (χ4v) is 3.07. The van der Waals surface area contributed by atoms with Crippen molar-refractivity contribution < 1.29 is 14.7 Å². The average molecular weight is 332 g/mol. The number of amides is 1. The van der Waals surface area contributed by atoms with E-state index in [9.17, 15) is 9.59 Å². The standard InChI is InChI=1S/C15H10BrNO3/c16-9-5-12-10-2-1-7(15(19)20)3-8(10)4-11(12)13(6-9)14(17)18/h1-3,5-6H,4H2,(H2,17,18)(H,19,20). The fourth-order valence-electron chi connectivity index (χ4n) is 2.61. The second-order valence-corrected chi connectivity index (χ2v) is 5.61. The van der Waals surface area contributed by atoms with Crippen LogP contribution in [0.5, 0.6) is 0 Å². The minimum absolute atomic E-state index is 0.247. The van der Waals surface area contributed by atoms with Crippen LogP contribution in [0.25, 0.3) is 11.1 Å². The summed E-state index contributed by atoms with van der Waals surface area (Å²) in [7, 11) is 0. The number of hydrogen-bond donors (Lipinski definition) is 2.